The number of anilines is 1. The number of nitrogens with zero attached hydrogens (tertiary/aromatic N) is 1. The summed E-state index contributed by atoms with van der Waals surface area (Å²) >= 11 is 0. The Morgan fingerprint density at radius 1 is 1.32 bits per heavy atom. The minimum absolute atomic E-state index is 0.226. The van der Waals surface area contributed by atoms with Gasteiger partial charge in [-0.25, -0.2) is 4.79 Å². The molecule has 1 aromatic heterocycles. The van der Waals surface area contributed by atoms with Crippen LogP contribution in [0.1, 0.15) is 28.7 Å². The first kappa shape index (κ1) is 15.5. The highest BCUT2D eigenvalue weighted by Gasteiger charge is 2.10. The molecule has 1 amide bonds. The molecule has 0 saturated carbocycles. The number of aromatic nitrogens is 1. The predicted molar refractivity (Wildman–Crippen MR) is 81.3 cm³/mol. The van der Waals surface area contributed by atoms with E-state index in [1.807, 2.05) is 0 Å². The molecular weight excluding hydrogens is 284 g/mol. The molecule has 22 heavy (non-hydrogen) atoms. The van der Waals surface area contributed by atoms with Crippen molar-refractivity contribution in [2.45, 2.75) is 13.8 Å². The maximum atomic E-state index is 11.9. The van der Waals surface area contributed by atoms with E-state index >= 15 is 0 Å². The number of nitrogens with one attached hydrogen (secondary N) is 1. The van der Waals surface area contributed by atoms with Crippen LogP contribution < -0.4 is 5.32 Å². The number of carbonyl (C=O) groups excluding carboxylic acids is 2. The van der Waals surface area contributed by atoms with Gasteiger partial charge < -0.3 is 14.6 Å². The minimum atomic E-state index is -0.388. The summed E-state index contributed by atoms with van der Waals surface area (Å²) < 4.78 is 9.65. The first-order valence-electron chi connectivity index (χ1n) is 6.78. The molecule has 1 N–H and O–H groups in total. The lowest BCUT2D eigenvalue weighted by molar-refractivity contribution is -0.137. The number of ether oxygens (including phenoxy) is 1. The van der Waals surface area contributed by atoms with Gasteiger partial charge in [0.1, 0.15) is 5.76 Å². The second-order valence-corrected chi connectivity index (χ2v) is 4.48. The zero-order chi connectivity index (χ0) is 15.9. The fourth-order valence-electron chi connectivity index (χ4n) is 1.70. The van der Waals surface area contributed by atoms with Crippen LogP contribution in [0.2, 0.25) is 0 Å². The van der Waals surface area contributed by atoms with Gasteiger partial charge in [0.2, 0.25) is 0 Å². The van der Waals surface area contributed by atoms with Crippen LogP contribution in [-0.4, -0.2) is 23.6 Å². The molecule has 1 aromatic carbocycles. The second-order valence-electron chi connectivity index (χ2n) is 4.48. The Balaban J connectivity index is 1.97. The van der Waals surface area contributed by atoms with Crippen molar-refractivity contribution in [3.63, 3.8) is 0 Å². The van der Waals surface area contributed by atoms with Crippen LogP contribution in [0.15, 0.2) is 40.9 Å². The summed E-state index contributed by atoms with van der Waals surface area (Å²) in [6, 6.07) is 8.58. The Labute approximate surface area is 127 Å². The average Bonchev–Trinajstić information content (AvgIpc) is 2.93. The maximum Gasteiger partial charge on any atom is 0.330 e. The number of hydrogen-bond acceptors (Lipinski definition) is 5. The third kappa shape index (κ3) is 4.31. The maximum absolute atomic E-state index is 11.9. The lowest BCUT2D eigenvalue weighted by Gasteiger charge is -2.03. The van der Waals surface area contributed by atoms with Gasteiger partial charge in [-0.2, -0.15) is 0 Å². The number of hydrogen-bond donors (Lipinski definition) is 1. The van der Waals surface area contributed by atoms with E-state index in [-0.39, 0.29) is 17.6 Å². The molecule has 0 unspecified atom stereocenters. The van der Waals surface area contributed by atoms with Crippen LogP contribution in [0.3, 0.4) is 0 Å². The van der Waals surface area contributed by atoms with E-state index in [0.29, 0.717) is 18.1 Å². The van der Waals surface area contributed by atoms with Crippen LogP contribution in [0.4, 0.5) is 5.69 Å². The lowest BCUT2D eigenvalue weighted by atomic mass is 10.2. The first-order chi connectivity index (χ1) is 10.6. The van der Waals surface area contributed by atoms with Gasteiger partial charge in [-0.1, -0.05) is 17.3 Å². The number of carbonyl (C=O) groups is 2. The van der Waals surface area contributed by atoms with Crippen molar-refractivity contribution >= 4 is 23.6 Å². The van der Waals surface area contributed by atoms with Crippen molar-refractivity contribution in [3.8, 4) is 0 Å². The molecule has 0 radical (unpaired) electrons. The molecule has 0 spiro atoms. The first-order valence-corrected chi connectivity index (χ1v) is 6.78. The minimum Gasteiger partial charge on any atom is -0.463 e. The molecule has 6 nitrogen and oxygen atoms in total. The van der Waals surface area contributed by atoms with Crippen LogP contribution in [0.25, 0.3) is 6.08 Å². The SMILES string of the molecule is CCOC(=O)/C=C/c1ccc(NC(=O)c2cc(C)on2)cc1. The second kappa shape index (κ2) is 7.21. The van der Waals surface area contributed by atoms with Crippen molar-refractivity contribution in [1.82, 2.24) is 5.16 Å². The van der Waals surface area contributed by atoms with Crippen molar-refractivity contribution in [2.75, 3.05) is 11.9 Å². The highest BCUT2D eigenvalue weighted by atomic mass is 16.5. The third-order valence-corrected chi connectivity index (χ3v) is 2.73. The smallest absolute Gasteiger partial charge is 0.330 e. The van der Waals surface area contributed by atoms with Gasteiger partial charge in [0.05, 0.1) is 6.61 Å². The third-order valence-electron chi connectivity index (χ3n) is 2.73. The van der Waals surface area contributed by atoms with Crippen LogP contribution in [0, 0.1) is 6.92 Å². The molecule has 114 valence electrons. The van der Waals surface area contributed by atoms with Crippen molar-refractivity contribution in [2.24, 2.45) is 0 Å². The Kier molecular flexibility index (Phi) is 5.08. The molecular formula is C16H16N2O4. The molecule has 0 aliphatic rings. The Morgan fingerprint density at radius 2 is 2.05 bits per heavy atom. The summed E-state index contributed by atoms with van der Waals surface area (Å²) in [7, 11) is 0. The summed E-state index contributed by atoms with van der Waals surface area (Å²) in [4.78, 5) is 23.1. The van der Waals surface area contributed by atoms with Crippen LogP contribution in [0.5, 0.6) is 0 Å². The Morgan fingerprint density at radius 3 is 2.64 bits per heavy atom. The molecule has 6 heteroatoms. The normalized spacial score (nSPS) is 10.6. The molecule has 0 fully saturated rings. The largest absolute Gasteiger partial charge is 0.463 e. The molecule has 0 aliphatic carbocycles. The van der Waals surface area contributed by atoms with Gasteiger partial charge >= 0.3 is 5.97 Å². The highest BCUT2D eigenvalue weighted by Crippen LogP contribution is 2.12. The fourth-order valence-corrected chi connectivity index (χ4v) is 1.70. The van der Waals surface area contributed by atoms with E-state index in [0.717, 1.165) is 5.56 Å². The summed E-state index contributed by atoms with van der Waals surface area (Å²) in [6.07, 6.45) is 3.00. The van der Waals surface area contributed by atoms with Crippen molar-refractivity contribution in [1.29, 1.82) is 0 Å². The Hall–Kier alpha value is -2.89. The molecule has 0 atom stereocenters. The predicted octanol–water partition coefficient (Wildman–Crippen LogP) is 2.81. The molecule has 0 bridgehead atoms. The van der Waals surface area contributed by atoms with E-state index in [9.17, 15) is 9.59 Å². The van der Waals surface area contributed by atoms with Gasteiger partial charge in [-0.3, -0.25) is 4.79 Å². The quantitative estimate of drug-likeness (QED) is 0.678. The average molecular weight is 300 g/mol. The van der Waals surface area contributed by atoms with E-state index in [1.165, 1.54) is 6.08 Å². The van der Waals surface area contributed by atoms with Gasteiger partial charge in [0, 0.05) is 17.8 Å². The van der Waals surface area contributed by atoms with Gasteiger partial charge in [0.25, 0.3) is 5.91 Å². The molecule has 2 rings (SSSR count). The summed E-state index contributed by atoms with van der Waals surface area (Å²) in [5.41, 5.74) is 1.67. The highest BCUT2D eigenvalue weighted by molar-refractivity contribution is 6.02. The topological polar surface area (TPSA) is 81.4 Å². The summed E-state index contributed by atoms with van der Waals surface area (Å²) in [6.45, 7) is 3.81. The van der Waals surface area contributed by atoms with E-state index < -0.39 is 0 Å². The number of rotatable bonds is 5. The van der Waals surface area contributed by atoms with E-state index in [1.54, 1.807) is 50.3 Å². The van der Waals surface area contributed by atoms with E-state index in [4.69, 9.17) is 9.26 Å². The zero-order valence-corrected chi connectivity index (χ0v) is 12.3. The van der Waals surface area contributed by atoms with Crippen LogP contribution >= 0.6 is 0 Å². The van der Waals surface area contributed by atoms with Crippen LogP contribution in [-0.2, 0) is 9.53 Å². The fraction of sp³-hybridized carbons (Fsp3) is 0.188. The lowest BCUT2D eigenvalue weighted by Crippen LogP contribution is -2.12. The number of amides is 1. The zero-order valence-electron chi connectivity index (χ0n) is 12.3. The summed E-state index contributed by atoms with van der Waals surface area (Å²) in [5.74, 6) is -0.155. The van der Waals surface area contributed by atoms with E-state index in [2.05, 4.69) is 10.5 Å². The van der Waals surface area contributed by atoms with Gasteiger partial charge in [-0.15, -0.1) is 0 Å². The summed E-state index contributed by atoms with van der Waals surface area (Å²) in [5, 5.41) is 6.35. The standard InChI is InChI=1S/C16H16N2O4/c1-3-21-15(19)9-6-12-4-7-13(8-5-12)17-16(20)14-10-11(2)22-18-14/h4-10H,3H2,1-2H3,(H,17,20)/b9-6+. The van der Waals surface area contributed by atoms with Crippen molar-refractivity contribution in [3.05, 3.63) is 53.4 Å². The van der Waals surface area contributed by atoms with Gasteiger partial charge in [-0.05, 0) is 37.6 Å². The monoisotopic (exact) mass is 300 g/mol. The number of benzene rings is 1. The Bertz CT molecular complexity index is 686. The number of esters is 1. The molecule has 1 heterocycles. The molecule has 2 aromatic rings. The van der Waals surface area contributed by atoms with Crippen molar-refractivity contribution < 1.29 is 18.8 Å². The molecule has 0 saturated heterocycles. The number of aryl methyl sites for hydroxylation is 1. The van der Waals surface area contributed by atoms with Gasteiger partial charge in [0.15, 0.2) is 5.69 Å². The molecule has 0 aliphatic heterocycles.